The average Bonchev–Trinajstić information content (AvgIpc) is 3.18. The molecule has 6 nitrogen and oxygen atoms in total. The van der Waals surface area contributed by atoms with E-state index >= 15 is 0 Å². The lowest BCUT2D eigenvalue weighted by Gasteiger charge is -2.36. The second-order valence-electron chi connectivity index (χ2n) is 6.56. The van der Waals surface area contributed by atoms with E-state index in [1.54, 1.807) is 45.1 Å². The zero-order valence-corrected chi connectivity index (χ0v) is 14.6. The van der Waals surface area contributed by atoms with Gasteiger partial charge in [-0.2, -0.15) is 0 Å². The van der Waals surface area contributed by atoms with Crippen molar-refractivity contribution >= 4 is 11.6 Å². The van der Waals surface area contributed by atoms with E-state index in [1.165, 1.54) is 18.3 Å². The average molecular weight is 371 g/mol. The largest absolute Gasteiger partial charge is 0.336 e. The number of carbonyl (C=O) groups excluding carboxylic acids is 1. The van der Waals surface area contributed by atoms with Crippen molar-refractivity contribution in [2.24, 2.45) is 0 Å². The van der Waals surface area contributed by atoms with Crippen LogP contribution < -0.4 is 0 Å². The van der Waals surface area contributed by atoms with Crippen LogP contribution in [0.5, 0.6) is 0 Å². The fourth-order valence-electron chi connectivity index (χ4n) is 3.32. The van der Waals surface area contributed by atoms with Gasteiger partial charge < -0.3 is 4.90 Å². The molecule has 0 radical (unpaired) electrons. The van der Waals surface area contributed by atoms with E-state index in [0.717, 1.165) is 5.56 Å². The van der Waals surface area contributed by atoms with Gasteiger partial charge in [-0.25, -0.2) is 18.7 Å². The van der Waals surface area contributed by atoms with Gasteiger partial charge in [0, 0.05) is 51.2 Å². The molecule has 1 unspecified atom stereocenters. The maximum absolute atomic E-state index is 14.6. The smallest absolute Gasteiger partial charge is 0.259 e. The summed E-state index contributed by atoms with van der Waals surface area (Å²) in [5.74, 6) is -0.476. The quantitative estimate of drug-likeness (QED) is 0.660. The second-order valence-corrected chi connectivity index (χ2v) is 6.56. The number of carbonyl (C=O) groups is 1. The van der Waals surface area contributed by atoms with Crippen LogP contribution in [0.3, 0.4) is 0 Å². The first-order chi connectivity index (χ1) is 13.1. The highest BCUT2D eigenvalue weighted by molar-refractivity contribution is 5.99. The number of benzene rings is 1. The van der Waals surface area contributed by atoms with Crippen molar-refractivity contribution in [1.82, 2.24) is 24.2 Å². The number of amides is 1. The SMILES string of the molecule is O=C(c1cncn2ccnc12)N1CCN(C(F)Cc2ccc(F)cc2)CC1. The summed E-state index contributed by atoms with van der Waals surface area (Å²) in [5, 5.41) is 0. The van der Waals surface area contributed by atoms with Gasteiger partial charge in [-0.1, -0.05) is 12.1 Å². The molecule has 1 saturated heterocycles. The molecule has 0 saturated carbocycles. The number of hydrogen-bond acceptors (Lipinski definition) is 4. The molecule has 1 aliphatic heterocycles. The van der Waals surface area contributed by atoms with Gasteiger partial charge in [0.15, 0.2) is 11.9 Å². The highest BCUT2D eigenvalue weighted by Gasteiger charge is 2.27. The Hall–Kier alpha value is -2.87. The number of piperazine rings is 1. The van der Waals surface area contributed by atoms with E-state index in [0.29, 0.717) is 37.4 Å². The Bertz CT molecular complexity index is 935. The third-order valence-electron chi connectivity index (χ3n) is 4.85. The Morgan fingerprint density at radius 1 is 1.15 bits per heavy atom. The number of imidazole rings is 1. The maximum Gasteiger partial charge on any atom is 0.259 e. The Morgan fingerprint density at radius 3 is 2.63 bits per heavy atom. The Kier molecular flexibility index (Phi) is 4.81. The van der Waals surface area contributed by atoms with Crippen molar-refractivity contribution in [3.8, 4) is 0 Å². The maximum atomic E-state index is 14.6. The monoisotopic (exact) mass is 371 g/mol. The molecular weight excluding hydrogens is 352 g/mol. The molecule has 4 rings (SSSR count). The van der Waals surface area contributed by atoms with Gasteiger partial charge in [-0.3, -0.25) is 14.1 Å². The van der Waals surface area contributed by atoms with Crippen LogP contribution in [0.15, 0.2) is 49.2 Å². The first-order valence-electron chi connectivity index (χ1n) is 8.80. The number of halogens is 2. The summed E-state index contributed by atoms with van der Waals surface area (Å²) in [6.07, 6.45) is 5.51. The van der Waals surface area contributed by atoms with Gasteiger partial charge in [-0.15, -0.1) is 0 Å². The molecule has 140 valence electrons. The number of fused-ring (bicyclic) bond motifs is 1. The molecular formula is C19H19F2N5O. The third kappa shape index (κ3) is 3.66. The Morgan fingerprint density at radius 2 is 1.89 bits per heavy atom. The van der Waals surface area contributed by atoms with Crippen LogP contribution in [0.2, 0.25) is 0 Å². The van der Waals surface area contributed by atoms with Gasteiger partial charge in [0.2, 0.25) is 0 Å². The molecule has 0 bridgehead atoms. The summed E-state index contributed by atoms with van der Waals surface area (Å²) < 4.78 is 29.3. The van der Waals surface area contributed by atoms with E-state index in [9.17, 15) is 13.6 Å². The topological polar surface area (TPSA) is 53.7 Å². The first kappa shape index (κ1) is 17.5. The minimum Gasteiger partial charge on any atom is -0.336 e. The van der Waals surface area contributed by atoms with Gasteiger partial charge in [0.1, 0.15) is 17.7 Å². The zero-order chi connectivity index (χ0) is 18.8. The van der Waals surface area contributed by atoms with E-state index in [1.807, 2.05) is 0 Å². The molecule has 2 aromatic heterocycles. The van der Waals surface area contributed by atoms with Gasteiger partial charge in [-0.05, 0) is 17.7 Å². The van der Waals surface area contributed by atoms with Crippen LogP contribution in [-0.2, 0) is 6.42 Å². The van der Waals surface area contributed by atoms with Gasteiger partial charge in [0.25, 0.3) is 5.91 Å². The highest BCUT2D eigenvalue weighted by Crippen LogP contribution is 2.16. The molecule has 1 amide bonds. The number of nitrogens with zero attached hydrogens (tertiary/aromatic N) is 5. The molecule has 1 aromatic carbocycles. The lowest BCUT2D eigenvalue weighted by molar-refractivity contribution is 0.0280. The van der Waals surface area contributed by atoms with Crippen molar-refractivity contribution in [3.05, 3.63) is 66.1 Å². The van der Waals surface area contributed by atoms with Crippen molar-refractivity contribution in [2.75, 3.05) is 26.2 Å². The molecule has 0 N–H and O–H groups in total. The van der Waals surface area contributed by atoms with Crippen molar-refractivity contribution in [2.45, 2.75) is 12.7 Å². The molecule has 1 atom stereocenters. The standard InChI is InChI=1S/C19H19F2N5O/c20-15-3-1-14(2-4-15)11-17(21)24-7-9-25(10-8-24)19(27)16-12-22-13-26-6-5-23-18(16)26/h1-6,12-13,17H,7-11H2. The molecule has 27 heavy (non-hydrogen) atoms. The summed E-state index contributed by atoms with van der Waals surface area (Å²) in [6, 6.07) is 5.87. The van der Waals surface area contributed by atoms with E-state index in [-0.39, 0.29) is 18.1 Å². The Labute approximate surface area is 155 Å². The van der Waals surface area contributed by atoms with Crippen molar-refractivity contribution < 1.29 is 13.6 Å². The third-order valence-corrected chi connectivity index (χ3v) is 4.85. The zero-order valence-electron chi connectivity index (χ0n) is 14.6. The predicted molar refractivity (Wildman–Crippen MR) is 95.5 cm³/mol. The van der Waals surface area contributed by atoms with Gasteiger partial charge in [0.05, 0.1) is 0 Å². The summed E-state index contributed by atoms with van der Waals surface area (Å²) in [7, 11) is 0. The van der Waals surface area contributed by atoms with Crippen LogP contribution in [-0.4, -0.2) is 62.6 Å². The lowest BCUT2D eigenvalue weighted by Crippen LogP contribution is -2.51. The van der Waals surface area contributed by atoms with E-state index in [2.05, 4.69) is 9.97 Å². The molecule has 3 aromatic rings. The van der Waals surface area contributed by atoms with Crippen LogP contribution in [0.25, 0.3) is 5.65 Å². The first-order valence-corrected chi connectivity index (χ1v) is 8.80. The molecule has 3 heterocycles. The van der Waals surface area contributed by atoms with Gasteiger partial charge >= 0.3 is 0 Å². The number of hydrogen-bond donors (Lipinski definition) is 0. The molecule has 1 fully saturated rings. The summed E-state index contributed by atoms with van der Waals surface area (Å²) in [6.45, 7) is 1.76. The normalized spacial score (nSPS) is 16.6. The number of aromatic nitrogens is 3. The fourth-order valence-corrected chi connectivity index (χ4v) is 3.32. The molecule has 0 spiro atoms. The number of alkyl halides is 1. The van der Waals surface area contributed by atoms with Crippen molar-refractivity contribution in [3.63, 3.8) is 0 Å². The van der Waals surface area contributed by atoms with Crippen LogP contribution in [0.4, 0.5) is 8.78 Å². The minimum atomic E-state index is -1.16. The summed E-state index contributed by atoms with van der Waals surface area (Å²) >= 11 is 0. The van der Waals surface area contributed by atoms with Crippen molar-refractivity contribution in [1.29, 1.82) is 0 Å². The highest BCUT2D eigenvalue weighted by atomic mass is 19.1. The molecule has 8 heteroatoms. The van der Waals surface area contributed by atoms with E-state index in [4.69, 9.17) is 0 Å². The summed E-state index contributed by atoms with van der Waals surface area (Å²) in [4.78, 5) is 24.5. The second kappa shape index (κ2) is 7.40. The lowest BCUT2D eigenvalue weighted by atomic mass is 10.1. The fraction of sp³-hybridized carbons (Fsp3) is 0.316. The Balaban J connectivity index is 1.37. The predicted octanol–water partition coefficient (Wildman–Crippen LogP) is 2.16. The summed E-state index contributed by atoms with van der Waals surface area (Å²) in [5.41, 5.74) is 1.76. The molecule has 1 aliphatic rings. The van der Waals surface area contributed by atoms with Crippen LogP contribution >= 0.6 is 0 Å². The van der Waals surface area contributed by atoms with E-state index < -0.39 is 6.30 Å². The number of rotatable bonds is 4. The molecule has 0 aliphatic carbocycles. The minimum absolute atomic E-state index is 0.145. The van der Waals surface area contributed by atoms with Crippen LogP contribution in [0, 0.1) is 5.82 Å². The van der Waals surface area contributed by atoms with Crippen LogP contribution in [0.1, 0.15) is 15.9 Å².